The second-order valence-electron chi connectivity index (χ2n) is 5.47. The lowest BCUT2D eigenvalue weighted by Gasteiger charge is -2.36. The molecule has 1 fully saturated rings. The van der Waals surface area contributed by atoms with Gasteiger partial charge in [0.1, 0.15) is 5.60 Å². The van der Waals surface area contributed by atoms with E-state index >= 15 is 0 Å². The maximum Gasteiger partial charge on any atom is 0.410 e. The van der Waals surface area contributed by atoms with Crippen LogP contribution in [0.25, 0.3) is 0 Å². The Morgan fingerprint density at radius 1 is 1.38 bits per heavy atom. The lowest BCUT2D eigenvalue weighted by Crippen LogP contribution is -2.47. The van der Waals surface area contributed by atoms with E-state index in [2.05, 4.69) is 6.92 Å². The van der Waals surface area contributed by atoms with Gasteiger partial charge in [-0.2, -0.15) is 0 Å². The zero-order valence-corrected chi connectivity index (χ0v) is 10.9. The Kier molecular flexibility index (Phi) is 4.19. The highest BCUT2D eigenvalue weighted by molar-refractivity contribution is 5.68. The minimum atomic E-state index is -0.418. The minimum absolute atomic E-state index is 0.214. The third-order valence-electron chi connectivity index (χ3n) is 2.78. The normalized spacial score (nSPS) is 26.7. The first-order chi connectivity index (χ1) is 7.33. The molecule has 1 aliphatic heterocycles. The van der Waals surface area contributed by atoms with Crippen LogP contribution in [0.4, 0.5) is 4.79 Å². The van der Waals surface area contributed by atoms with E-state index in [1.165, 1.54) is 0 Å². The third kappa shape index (κ3) is 3.67. The summed E-state index contributed by atoms with van der Waals surface area (Å²) in [6.45, 7) is 9.19. The van der Waals surface area contributed by atoms with E-state index in [0.29, 0.717) is 12.5 Å². The van der Waals surface area contributed by atoms with Gasteiger partial charge in [0, 0.05) is 26.1 Å². The molecule has 4 nitrogen and oxygen atoms in total. The van der Waals surface area contributed by atoms with Gasteiger partial charge in [0.2, 0.25) is 0 Å². The summed E-state index contributed by atoms with van der Waals surface area (Å²) in [4.78, 5) is 13.6. The minimum Gasteiger partial charge on any atom is -0.444 e. The van der Waals surface area contributed by atoms with Crippen LogP contribution in [-0.2, 0) is 9.47 Å². The maximum absolute atomic E-state index is 11.8. The second-order valence-corrected chi connectivity index (χ2v) is 5.47. The molecule has 0 bridgehead atoms. The van der Waals surface area contributed by atoms with Gasteiger partial charge in [-0.05, 0) is 27.2 Å². The van der Waals surface area contributed by atoms with E-state index < -0.39 is 5.60 Å². The van der Waals surface area contributed by atoms with E-state index in [4.69, 9.17) is 9.47 Å². The molecule has 94 valence electrons. The number of methoxy groups -OCH3 is 1. The van der Waals surface area contributed by atoms with Crippen LogP contribution < -0.4 is 0 Å². The van der Waals surface area contributed by atoms with Crippen molar-refractivity contribution in [1.82, 2.24) is 4.90 Å². The number of carbonyl (C=O) groups is 1. The zero-order chi connectivity index (χ0) is 12.3. The number of piperidine rings is 1. The van der Waals surface area contributed by atoms with Crippen molar-refractivity contribution in [3.05, 3.63) is 0 Å². The van der Waals surface area contributed by atoms with Crippen molar-refractivity contribution in [2.75, 3.05) is 20.2 Å². The summed E-state index contributed by atoms with van der Waals surface area (Å²) in [6, 6.07) is 0. The van der Waals surface area contributed by atoms with Crippen LogP contribution >= 0.6 is 0 Å². The number of hydrogen-bond donors (Lipinski definition) is 0. The molecule has 1 amide bonds. The molecular formula is C12H23NO3. The highest BCUT2D eigenvalue weighted by atomic mass is 16.6. The van der Waals surface area contributed by atoms with Crippen molar-refractivity contribution in [2.24, 2.45) is 5.92 Å². The van der Waals surface area contributed by atoms with E-state index in [1.807, 2.05) is 20.8 Å². The molecular weight excluding hydrogens is 206 g/mol. The number of hydrogen-bond acceptors (Lipinski definition) is 3. The van der Waals surface area contributed by atoms with Crippen LogP contribution in [0.5, 0.6) is 0 Å². The first-order valence-corrected chi connectivity index (χ1v) is 5.84. The first kappa shape index (κ1) is 13.3. The number of nitrogens with zero attached hydrogens (tertiary/aromatic N) is 1. The zero-order valence-electron chi connectivity index (χ0n) is 10.9. The van der Waals surface area contributed by atoms with Crippen LogP contribution in [0.3, 0.4) is 0 Å². The molecule has 1 aliphatic rings. The molecule has 0 aliphatic carbocycles. The highest BCUT2D eigenvalue weighted by Gasteiger charge is 2.30. The van der Waals surface area contributed by atoms with Gasteiger partial charge in [-0.3, -0.25) is 0 Å². The molecule has 0 N–H and O–H groups in total. The van der Waals surface area contributed by atoms with Crippen molar-refractivity contribution in [2.45, 2.75) is 45.8 Å². The SMILES string of the molecule is CO[C@@H]1CCN(C(=O)OC(C)(C)C)C[C@@H]1C. The summed E-state index contributed by atoms with van der Waals surface area (Å²) in [5.41, 5.74) is -0.418. The smallest absolute Gasteiger partial charge is 0.410 e. The summed E-state index contributed by atoms with van der Waals surface area (Å²) < 4.78 is 10.7. The van der Waals surface area contributed by atoms with Crippen molar-refractivity contribution in [3.63, 3.8) is 0 Å². The van der Waals surface area contributed by atoms with Crippen LogP contribution in [0.15, 0.2) is 0 Å². The van der Waals surface area contributed by atoms with Crippen LogP contribution in [0, 0.1) is 5.92 Å². The maximum atomic E-state index is 11.8. The fourth-order valence-electron chi connectivity index (χ4n) is 1.97. The molecule has 1 saturated heterocycles. The van der Waals surface area contributed by atoms with Crippen LogP contribution in [-0.4, -0.2) is 42.9 Å². The molecule has 16 heavy (non-hydrogen) atoms. The molecule has 0 saturated carbocycles. The number of carbonyl (C=O) groups excluding carboxylic acids is 1. The number of likely N-dealkylation sites (tertiary alicyclic amines) is 1. The molecule has 0 aromatic heterocycles. The van der Waals surface area contributed by atoms with Crippen LogP contribution in [0.1, 0.15) is 34.1 Å². The first-order valence-electron chi connectivity index (χ1n) is 5.84. The Balaban J connectivity index is 2.48. The summed E-state index contributed by atoms with van der Waals surface area (Å²) in [5, 5.41) is 0. The predicted molar refractivity (Wildman–Crippen MR) is 62.4 cm³/mol. The molecule has 2 atom stereocenters. The Labute approximate surface area is 97.9 Å². The van der Waals surface area contributed by atoms with Gasteiger partial charge in [0.05, 0.1) is 6.10 Å². The summed E-state index contributed by atoms with van der Waals surface area (Å²) in [6.07, 6.45) is 0.935. The number of rotatable bonds is 1. The fraction of sp³-hybridized carbons (Fsp3) is 0.917. The highest BCUT2D eigenvalue weighted by Crippen LogP contribution is 2.21. The average Bonchev–Trinajstić information content (AvgIpc) is 2.15. The average molecular weight is 229 g/mol. The molecule has 0 unspecified atom stereocenters. The Morgan fingerprint density at radius 3 is 2.44 bits per heavy atom. The number of amides is 1. The summed E-state index contributed by atoms with van der Waals surface area (Å²) in [7, 11) is 1.73. The van der Waals surface area contributed by atoms with Gasteiger partial charge in [-0.1, -0.05) is 6.92 Å². The predicted octanol–water partition coefficient (Wildman–Crippen LogP) is 2.28. The van der Waals surface area contributed by atoms with Gasteiger partial charge >= 0.3 is 6.09 Å². The van der Waals surface area contributed by atoms with Crippen molar-refractivity contribution in [1.29, 1.82) is 0 Å². The molecule has 4 heteroatoms. The number of ether oxygens (including phenoxy) is 2. The molecule has 1 rings (SSSR count). The summed E-state index contributed by atoms with van der Waals surface area (Å²) >= 11 is 0. The van der Waals surface area contributed by atoms with E-state index in [9.17, 15) is 4.79 Å². The van der Waals surface area contributed by atoms with Crippen LogP contribution in [0.2, 0.25) is 0 Å². The molecule has 1 heterocycles. The van der Waals surface area contributed by atoms with Gasteiger partial charge in [-0.25, -0.2) is 4.79 Å². The van der Waals surface area contributed by atoms with Gasteiger partial charge in [0.15, 0.2) is 0 Å². The quantitative estimate of drug-likeness (QED) is 0.692. The Bertz CT molecular complexity index is 247. The second kappa shape index (κ2) is 5.04. The lowest BCUT2D eigenvalue weighted by molar-refractivity contribution is -0.0193. The largest absolute Gasteiger partial charge is 0.444 e. The Hall–Kier alpha value is -0.770. The Morgan fingerprint density at radius 2 is 2.00 bits per heavy atom. The van der Waals surface area contributed by atoms with Gasteiger partial charge in [0.25, 0.3) is 0 Å². The molecule has 0 spiro atoms. The van der Waals surface area contributed by atoms with E-state index in [1.54, 1.807) is 12.0 Å². The third-order valence-corrected chi connectivity index (χ3v) is 2.78. The topological polar surface area (TPSA) is 38.8 Å². The summed E-state index contributed by atoms with van der Waals surface area (Å²) in [5.74, 6) is 0.367. The van der Waals surface area contributed by atoms with Gasteiger partial charge in [-0.15, -0.1) is 0 Å². The molecule has 0 radical (unpaired) electrons. The van der Waals surface area contributed by atoms with Crippen molar-refractivity contribution < 1.29 is 14.3 Å². The monoisotopic (exact) mass is 229 g/mol. The molecule has 0 aromatic carbocycles. The lowest BCUT2D eigenvalue weighted by atomic mass is 9.97. The molecule has 0 aromatic rings. The standard InChI is InChI=1S/C12H23NO3/c1-9-8-13(7-6-10(9)15-5)11(14)16-12(2,3)4/h9-10H,6-8H2,1-5H3/t9-,10+/m0/s1. The van der Waals surface area contributed by atoms with E-state index in [-0.39, 0.29) is 12.2 Å². The van der Waals surface area contributed by atoms with Crippen molar-refractivity contribution >= 4 is 6.09 Å². The fourth-order valence-corrected chi connectivity index (χ4v) is 1.97. The van der Waals surface area contributed by atoms with Gasteiger partial charge < -0.3 is 14.4 Å². The van der Waals surface area contributed by atoms with E-state index in [0.717, 1.165) is 13.0 Å². The van der Waals surface area contributed by atoms with Crippen molar-refractivity contribution in [3.8, 4) is 0 Å².